The van der Waals surface area contributed by atoms with Gasteiger partial charge in [0, 0.05) is 23.1 Å². The van der Waals surface area contributed by atoms with Crippen molar-refractivity contribution in [3.05, 3.63) is 93.9 Å². The molecule has 1 amide bonds. The topological polar surface area (TPSA) is 66.8 Å². The van der Waals surface area contributed by atoms with Crippen molar-refractivity contribution in [1.29, 1.82) is 0 Å². The number of anilines is 1. The van der Waals surface area contributed by atoms with Crippen LogP contribution in [0.2, 0.25) is 0 Å². The van der Waals surface area contributed by atoms with Crippen LogP contribution in [0.15, 0.2) is 83.4 Å². The highest BCUT2D eigenvalue weighted by Crippen LogP contribution is 2.43. The normalized spacial score (nSPS) is 16.1. The van der Waals surface area contributed by atoms with Crippen molar-refractivity contribution in [2.24, 2.45) is 0 Å². The van der Waals surface area contributed by atoms with Crippen molar-refractivity contribution in [3.8, 4) is 5.75 Å². The number of aliphatic hydroxyl groups excluding tert-OH is 1. The van der Waals surface area contributed by atoms with E-state index in [0.29, 0.717) is 24.5 Å². The third kappa shape index (κ3) is 4.25. The number of Topliss-reactive ketones (excluding diaryl/α,β-unsaturated/α-hetero) is 1. The lowest BCUT2D eigenvalue weighted by Crippen LogP contribution is -2.30. The number of nitrogens with zero attached hydrogens (tertiary/aromatic N) is 1. The van der Waals surface area contributed by atoms with Gasteiger partial charge in [-0.25, -0.2) is 0 Å². The molecule has 1 N–H and O–H groups in total. The molecule has 3 aromatic rings. The van der Waals surface area contributed by atoms with E-state index >= 15 is 0 Å². The quantitative estimate of drug-likeness (QED) is 0.527. The lowest BCUT2D eigenvalue weighted by molar-refractivity contribution is -0.118. The van der Waals surface area contributed by atoms with Gasteiger partial charge in [-0.2, -0.15) is 0 Å². The SMILES string of the molecule is CCOc1cccc(N2C(=O)C(O)=C(C(=O)CCc3ccccc3)C2c2cccs2)c1. The molecular formula is C25H23NO4S. The van der Waals surface area contributed by atoms with Crippen LogP contribution in [0.4, 0.5) is 5.69 Å². The van der Waals surface area contributed by atoms with Crippen molar-refractivity contribution in [2.75, 3.05) is 11.5 Å². The molecule has 1 aliphatic rings. The van der Waals surface area contributed by atoms with Crippen molar-refractivity contribution in [3.63, 3.8) is 0 Å². The molecule has 1 atom stereocenters. The number of benzene rings is 2. The van der Waals surface area contributed by atoms with E-state index < -0.39 is 17.7 Å². The predicted octanol–water partition coefficient (Wildman–Crippen LogP) is 5.25. The number of hydrogen-bond acceptors (Lipinski definition) is 5. The predicted molar refractivity (Wildman–Crippen MR) is 122 cm³/mol. The van der Waals surface area contributed by atoms with Crippen LogP contribution in [0, 0.1) is 0 Å². The van der Waals surface area contributed by atoms with Crippen LogP contribution in [0.25, 0.3) is 0 Å². The second-order valence-corrected chi connectivity index (χ2v) is 8.17. The number of amides is 1. The second kappa shape index (κ2) is 9.18. The third-order valence-corrected chi connectivity index (χ3v) is 6.14. The molecule has 1 aromatic heterocycles. The van der Waals surface area contributed by atoms with E-state index in [9.17, 15) is 14.7 Å². The maximum absolute atomic E-state index is 13.2. The highest BCUT2D eigenvalue weighted by atomic mass is 32.1. The lowest BCUT2D eigenvalue weighted by Gasteiger charge is -2.26. The van der Waals surface area contributed by atoms with Gasteiger partial charge in [0.15, 0.2) is 11.5 Å². The number of aliphatic hydroxyl groups is 1. The maximum atomic E-state index is 13.2. The summed E-state index contributed by atoms with van der Waals surface area (Å²) in [5.41, 5.74) is 1.77. The second-order valence-electron chi connectivity index (χ2n) is 7.19. The van der Waals surface area contributed by atoms with Gasteiger partial charge in [0.25, 0.3) is 5.91 Å². The lowest BCUT2D eigenvalue weighted by atomic mass is 9.97. The number of hydrogen-bond donors (Lipinski definition) is 1. The molecule has 158 valence electrons. The number of thiophene rings is 1. The summed E-state index contributed by atoms with van der Waals surface area (Å²) in [4.78, 5) is 28.6. The Kier molecular flexibility index (Phi) is 6.18. The molecule has 0 radical (unpaired) electrons. The van der Waals surface area contributed by atoms with Crippen LogP contribution in [0.5, 0.6) is 5.75 Å². The molecule has 0 bridgehead atoms. The molecule has 5 nitrogen and oxygen atoms in total. The summed E-state index contributed by atoms with van der Waals surface area (Å²) in [7, 11) is 0. The molecule has 6 heteroatoms. The minimum Gasteiger partial charge on any atom is -0.503 e. The summed E-state index contributed by atoms with van der Waals surface area (Å²) >= 11 is 1.45. The molecule has 1 aliphatic heterocycles. The summed E-state index contributed by atoms with van der Waals surface area (Å²) in [6.45, 7) is 2.39. The zero-order valence-electron chi connectivity index (χ0n) is 17.2. The van der Waals surface area contributed by atoms with Crippen LogP contribution in [-0.2, 0) is 16.0 Å². The standard InChI is InChI=1S/C25H23NO4S/c1-2-30-19-11-6-10-18(16-19)26-23(21-12-7-15-31-21)22(24(28)25(26)29)20(27)14-13-17-8-4-3-5-9-17/h3-12,15-16,23,28H,2,13-14H2,1H3. The first-order valence-corrected chi connectivity index (χ1v) is 11.1. The minimum atomic E-state index is -0.660. The van der Waals surface area contributed by atoms with Crippen molar-refractivity contribution >= 4 is 28.7 Å². The largest absolute Gasteiger partial charge is 0.503 e. The molecule has 2 heterocycles. The molecule has 0 aliphatic carbocycles. The zero-order chi connectivity index (χ0) is 21.8. The van der Waals surface area contributed by atoms with Crippen LogP contribution < -0.4 is 9.64 Å². The fraction of sp³-hybridized carbons (Fsp3) is 0.200. The van der Waals surface area contributed by atoms with E-state index in [0.717, 1.165) is 10.4 Å². The Morgan fingerprint density at radius 2 is 1.90 bits per heavy atom. The Balaban J connectivity index is 1.68. The molecule has 1 unspecified atom stereocenters. The minimum absolute atomic E-state index is 0.158. The molecule has 0 saturated heterocycles. The fourth-order valence-corrected chi connectivity index (χ4v) is 4.62. The van der Waals surface area contributed by atoms with E-state index in [4.69, 9.17) is 4.74 Å². The van der Waals surface area contributed by atoms with Crippen LogP contribution in [-0.4, -0.2) is 23.4 Å². The van der Waals surface area contributed by atoms with Crippen LogP contribution >= 0.6 is 11.3 Å². The molecule has 2 aromatic carbocycles. The molecule has 0 spiro atoms. The summed E-state index contributed by atoms with van der Waals surface area (Å²) in [6.07, 6.45) is 0.757. The molecule has 0 saturated carbocycles. The van der Waals surface area contributed by atoms with Gasteiger partial charge in [-0.3, -0.25) is 14.5 Å². The molecule has 4 rings (SSSR count). The van der Waals surface area contributed by atoms with Crippen molar-refractivity contribution < 1.29 is 19.4 Å². The first-order valence-electron chi connectivity index (χ1n) is 10.2. The highest BCUT2D eigenvalue weighted by Gasteiger charge is 2.44. The van der Waals surface area contributed by atoms with Gasteiger partial charge in [-0.05, 0) is 42.5 Å². The van der Waals surface area contributed by atoms with Gasteiger partial charge in [0.2, 0.25) is 0 Å². The first kappa shape index (κ1) is 20.9. The Bertz CT molecular complexity index is 1110. The number of carbonyl (C=O) groups excluding carboxylic acids is 2. The van der Waals surface area contributed by atoms with Gasteiger partial charge < -0.3 is 9.84 Å². The Morgan fingerprint density at radius 1 is 1.10 bits per heavy atom. The van der Waals surface area contributed by atoms with E-state index in [-0.39, 0.29) is 17.8 Å². The van der Waals surface area contributed by atoms with E-state index in [1.807, 2.05) is 60.8 Å². The third-order valence-electron chi connectivity index (χ3n) is 5.21. The average molecular weight is 434 g/mol. The Hall–Kier alpha value is -3.38. The van der Waals surface area contributed by atoms with Gasteiger partial charge >= 0.3 is 0 Å². The van der Waals surface area contributed by atoms with E-state index in [1.165, 1.54) is 16.2 Å². The molecular weight excluding hydrogens is 410 g/mol. The summed E-state index contributed by atoms with van der Waals surface area (Å²) in [5.74, 6) is -0.647. The van der Waals surface area contributed by atoms with Gasteiger partial charge in [0.05, 0.1) is 12.2 Å². The Labute approximate surface area is 185 Å². The van der Waals surface area contributed by atoms with Gasteiger partial charge in [-0.15, -0.1) is 11.3 Å². The van der Waals surface area contributed by atoms with E-state index in [1.54, 1.807) is 18.2 Å². The van der Waals surface area contributed by atoms with Gasteiger partial charge in [-0.1, -0.05) is 42.5 Å². The smallest absolute Gasteiger partial charge is 0.294 e. The monoisotopic (exact) mass is 433 g/mol. The first-order chi connectivity index (χ1) is 15.1. The zero-order valence-corrected chi connectivity index (χ0v) is 18.0. The average Bonchev–Trinajstić information content (AvgIpc) is 3.40. The fourth-order valence-electron chi connectivity index (χ4n) is 3.80. The number of carbonyl (C=O) groups is 2. The number of rotatable bonds is 8. The number of ether oxygens (including phenoxy) is 1. The Morgan fingerprint density at radius 3 is 2.61 bits per heavy atom. The summed E-state index contributed by atoms with van der Waals surface area (Å²) in [5, 5.41) is 12.6. The molecule has 0 fully saturated rings. The number of aryl methyl sites for hydroxylation is 1. The van der Waals surface area contributed by atoms with Gasteiger partial charge in [0.1, 0.15) is 11.8 Å². The number of ketones is 1. The van der Waals surface area contributed by atoms with E-state index in [2.05, 4.69) is 0 Å². The van der Waals surface area contributed by atoms with Crippen molar-refractivity contribution in [2.45, 2.75) is 25.8 Å². The molecule has 31 heavy (non-hydrogen) atoms. The highest BCUT2D eigenvalue weighted by molar-refractivity contribution is 7.10. The summed E-state index contributed by atoms with van der Waals surface area (Å²) < 4.78 is 5.58. The van der Waals surface area contributed by atoms with Crippen LogP contribution in [0.3, 0.4) is 0 Å². The van der Waals surface area contributed by atoms with Crippen LogP contribution in [0.1, 0.15) is 29.8 Å². The van der Waals surface area contributed by atoms with Crippen molar-refractivity contribution in [1.82, 2.24) is 0 Å². The summed E-state index contributed by atoms with van der Waals surface area (Å²) in [6, 6.07) is 20.0. The maximum Gasteiger partial charge on any atom is 0.294 e.